The predicted molar refractivity (Wildman–Crippen MR) is 123 cm³/mol. The summed E-state index contributed by atoms with van der Waals surface area (Å²) in [6, 6.07) is 8.49. The largest absolute Gasteiger partial charge is 0.487 e. The molecule has 1 saturated carbocycles. The Morgan fingerprint density at radius 3 is 2.64 bits per heavy atom. The lowest BCUT2D eigenvalue weighted by molar-refractivity contribution is -0.147. The number of alkyl halides is 2. The standard InChI is InChI=1S/C26H36F2O5/c1-19(2)33-25(30)14-10-5-4-9-13-21-22(24(31-3)17-23(21)29)15-16-26(27,28)18-32-20-11-7-6-8-12-20/h4,6-9,11-12,15-16,19,21-24,29H,5,10,13-14,17-18H2,1-3H3/b9-4-,16-15+/t21-,22-,23+,24-/m1/s1. The monoisotopic (exact) mass is 466 g/mol. The number of para-hydroxylation sites is 1. The van der Waals surface area contributed by atoms with Gasteiger partial charge in [-0.15, -0.1) is 0 Å². The molecule has 1 aliphatic rings. The number of esters is 1. The molecule has 0 spiro atoms. The minimum atomic E-state index is -3.15. The van der Waals surface area contributed by atoms with Gasteiger partial charge in [-0.05, 0) is 57.2 Å². The van der Waals surface area contributed by atoms with Gasteiger partial charge < -0.3 is 19.3 Å². The number of methoxy groups -OCH3 is 1. The van der Waals surface area contributed by atoms with Crippen molar-refractivity contribution in [2.75, 3.05) is 13.7 Å². The average molecular weight is 467 g/mol. The van der Waals surface area contributed by atoms with Crippen LogP contribution < -0.4 is 4.74 Å². The Hall–Kier alpha value is -2.25. The molecule has 0 amide bonds. The Morgan fingerprint density at radius 2 is 1.97 bits per heavy atom. The number of aliphatic hydroxyl groups excluding tert-OH is 1. The number of ether oxygens (including phenoxy) is 3. The topological polar surface area (TPSA) is 65.0 Å². The van der Waals surface area contributed by atoms with Crippen molar-refractivity contribution in [2.45, 2.75) is 70.2 Å². The molecule has 0 saturated heterocycles. The summed E-state index contributed by atoms with van der Waals surface area (Å²) in [5.41, 5.74) is 0. The van der Waals surface area contributed by atoms with Gasteiger partial charge in [0.2, 0.25) is 0 Å². The molecule has 0 unspecified atom stereocenters. The van der Waals surface area contributed by atoms with Crippen LogP contribution in [0.15, 0.2) is 54.6 Å². The van der Waals surface area contributed by atoms with Crippen LogP contribution in [0.2, 0.25) is 0 Å². The number of hydrogen-bond acceptors (Lipinski definition) is 5. The van der Waals surface area contributed by atoms with Crippen molar-refractivity contribution >= 4 is 5.97 Å². The highest BCUT2D eigenvalue weighted by molar-refractivity contribution is 5.69. The number of carbonyl (C=O) groups excluding carboxylic acids is 1. The summed E-state index contributed by atoms with van der Waals surface area (Å²) >= 11 is 0. The van der Waals surface area contributed by atoms with Crippen LogP contribution in [-0.2, 0) is 14.3 Å². The van der Waals surface area contributed by atoms with Crippen LogP contribution in [0, 0.1) is 11.8 Å². The van der Waals surface area contributed by atoms with Crippen molar-refractivity contribution in [3.05, 3.63) is 54.6 Å². The minimum Gasteiger partial charge on any atom is -0.487 e. The van der Waals surface area contributed by atoms with Gasteiger partial charge in [-0.25, -0.2) is 0 Å². The van der Waals surface area contributed by atoms with Crippen LogP contribution in [0.4, 0.5) is 8.78 Å². The SMILES string of the molecule is CO[C@@H]1C[C@H](O)[C@H](C/C=C\CCCC(=O)OC(C)C)[C@H]1/C=C/C(F)(F)COc1ccccc1. The van der Waals surface area contributed by atoms with Crippen molar-refractivity contribution in [1.29, 1.82) is 0 Å². The predicted octanol–water partition coefficient (Wildman–Crippen LogP) is 5.34. The zero-order valence-electron chi connectivity index (χ0n) is 19.7. The Morgan fingerprint density at radius 1 is 1.24 bits per heavy atom. The molecule has 0 heterocycles. The van der Waals surface area contributed by atoms with Gasteiger partial charge in [0.05, 0.1) is 18.3 Å². The summed E-state index contributed by atoms with van der Waals surface area (Å²) < 4.78 is 44.5. The van der Waals surface area contributed by atoms with Crippen molar-refractivity contribution < 1.29 is 32.9 Å². The summed E-state index contributed by atoms with van der Waals surface area (Å²) in [4.78, 5) is 11.6. The molecule has 2 rings (SSSR count). The number of benzene rings is 1. The van der Waals surface area contributed by atoms with Gasteiger partial charge in [-0.3, -0.25) is 4.79 Å². The number of carbonyl (C=O) groups is 1. The van der Waals surface area contributed by atoms with Gasteiger partial charge in [0.25, 0.3) is 5.92 Å². The van der Waals surface area contributed by atoms with Gasteiger partial charge in [0.15, 0.2) is 6.61 Å². The molecule has 0 aromatic heterocycles. The van der Waals surface area contributed by atoms with E-state index in [1.165, 1.54) is 13.2 Å². The molecular formula is C26H36F2O5. The van der Waals surface area contributed by atoms with Crippen LogP contribution in [0.25, 0.3) is 0 Å². The molecule has 5 nitrogen and oxygen atoms in total. The van der Waals surface area contributed by atoms with E-state index in [0.717, 1.165) is 6.08 Å². The van der Waals surface area contributed by atoms with Crippen LogP contribution >= 0.6 is 0 Å². The van der Waals surface area contributed by atoms with Crippen LogP contribution in [0.5, 0.6) is 5.75 Å². The van der Waals surface area contributed by atoms with E-state index in [0.29, 0.717) is 37.9 Å². The second-order valence-corrected chi connectivity index (χ2v) is 8.68. The van der Waals surface area contributed by atoms with Crippen molar-refractivity contribution in [2.24, 2.45) is 11.8 Å². The van der Waals surface area contributed by atoms with E-state index in [9.17, 15) is 18.7 Å². The smallest absolute Gasteiger partial charge is 0.306 e. The van der Waals surface area contributed by atoms with Gasteiger partial charge in [0, 0.05) is 25.9 Å². The van der Waals surface area contributed by atoms with E-state index >= 15 is 0 Å². The van der Waals surface area contributed by atoms with Crippen LogP contribution in [-0.4, -0.2) is 49.0 Å². The molecule has 1 aromatic carbocycles. The maximum Gasteiger partial charge on any atom is 0.306 e. The zero-order chi connectivity index (χ0) is 24.3. The first-order valence-corrected chi connectivity index (χ1v) is 11.5. The Bertz CT molecular complexity index is 763. The van der Waals surface area contributed by atoms with Crippen LogP contribution in [0.3, 0.4) is 0 Å². The highest BCUT2D eigenvalue weighted by atomic mass is 19.3. The lowest BCUT2D eigenvalue weighted by Crippen LogP contribution is -2.25. The highest BCUT2D eigenvalue weighted by Gasteiger charge is 2.41. The van der Waals surface area contributed by atoms with E-state index in [1.807, 2.05) is 26.0 Å². The summed E-state index contributed by atoms with van der Waals surface area (Å²) in [6.45, 7) is 2.87. The molecule has 33 heavy (non-hydrogen) atoms. The first-order valence-electron chi connectivity index (χ1n) is 11.5. The van der Waals surface area contributed by atoms with E-state index in [4.69, 9.17) is 14.2 Å². The molecule has 1 aliphatic carbocycles. The van der Waals surface area contributed by atoms with Gasteiger partial charge in [-0.2, -0.15) is 8.78 Å². The second kappa shape index (κ2) is 13.5. The first kappa shape index (κ1) is 27.0. The fourth-order valence-corrected chi connectivity index (χ4v) is 3.99. The average Bonchev–Trinajstić information content (AvgIpc) is 3.08. The lowest BCUT2D eigenvalue weighted by Gasteiger charge is -2.22. The number of rotatable bonds is 13. The van der Waals surface area contributed by atoms with Gasteiger partial charge >= 0.3 is 5.97 Å². The molecule has 184 valence electrons. The molecular weight excluding hydrogens is 430 g/mol. The fraction of sp³-hybridized carbons (Fsp3) is 0.577. The normalized spacial score (nSPS) is 23.6. The van der Waals surface area contributed by atoms with Crippen molar-refractivity contribution in [3.63, 3.8) is 0 Å². The number of aliphatic hydroxyl groups is 1. The molecule has 7 heteroatoms. The zero-order valence-corrected chi connectivity index (χ0v) is 19.7. The van der Waals surface area contributed by atoms with E-state index in [1.54, 1.807) is 30.3 Å². The van der Waals surface area contributed by atoms with Crippen molar-refractivity contribution in [3.8, 4) is 5.75 Å². The highest BCUT2D eigenvalue weighted by Crippen LogP contribution is 2.38. The Balaban J connectivity index is 1.88. The third kappa shape index (κ3) is 9.64. The Kier molecular flexibility index (Phi) is 11.0. The lowest BCUT2D eigenvalue weighted by atomic mass is 9.89. The summed E-state index contributed by atoms with van der Waals surface area (Å²) in [6.07, 6.45) is 7.81. The molecule has 1 fully saturated rings. The molecule has 0 aliphatic heterocycles. The molecule has 1 aromatic rings. The van der Waals surface area contributed by atoms with Crippen LogP contribution in [0.1, 0.15) is 46.0 Å². The third-order valence-corrected chi connectivity index (χ3v) is 5.62. The third-order valence-electron chi connectivity index (χ3n) is 5.62. The molecule has 1 N–H and O–H groups in total. The number of halogens is 2. The number of allylic oxidation sites excluding steroid dienone is 2. The van der Waals surface area contributed by atoms with E-state index in [-0.39, 0.29) is 30.0 Å². The maximum absolute atomic E-state index is 14.4. The van der Waals surface area contributed by atoms with Gasteiger partial charge in [0.1, 0.15) is 5.75 Å². The minimum absolute atomic E-state index is 0.118. The number of unbranched alkanes of at least 4 members (excludes halogenated alkanes) is 1. The van der Waals surface area contributed by atoms with E-state index in [2.05, 4.69) is 0 Å². The maximum atomic E-state index is 14.4. The molecule has 0 radical (unpaired) electrons. The molecule has 0 bridgehead atoms. The summed E-state index contributed by atoms with van der Waals surface area (Å²) in [5, 5.41) is 10.5. The first-order chi connectivity index (χ1) is 15.7. The van der Waals surface area contributed by atoms with Gasteiger partial charge in [-0.1, -0.05) is 36.4 Å². The summed E-state index contributed by atoms with van der Waals surface area (Å²) in [7, 11) is 1.53. The molecule has 4 atom stereocenters. The second-order valence-electron chi connectivity index (χ2n) is 8.68. The quantitative estimate of drug-likeness (QED) is 0.242. The summed E-state index contributed by atoms with van der Waals surface area (Å²) in [5.74, 6) is -3.53. The number of hydrogen-bond donors (Lipinski definition) is 1. The Labute approximate surface area is 195 Å². The van der Waals surface area contributed by atoms with Crippen molar-refractivity contribution in [1.82, 2.24) is 0 Å². The van der Waals surface area contributed by atoms with E-state index < -0.39 is 18.6 Å². The fourth-order valence-electron chi connectivity index (χ4n) is 3.99.